The van der Waals surface area contributed by atoms with E-state index in [9.17, 15) is 18.3 Å². The number of aliphatic hydroxyl groups excluding tert-OH is 1. The predicted octanol–water partition coefficient (Wildman–Crippen LogP) is 1.20. The fraction of sp³-hybridized carbons (Fsp3) is 0.588. The first-order valence-corrected chi connectivity index (χ1v) is 9.72. The van der Waals surface area contributed by atoms with Gasteiger partial charge in [-0.1, -0.05) is 19.1 Å². The van der Waals surface area contributed by atoms with Crippen LogP contribution in [0.15, 0.2) is 23.1 Å². The van der Waals surface area contributed by atoms with Gasteiger partial charge in [0.2, 0.25) is 15.9 Å². The fourth-order valence-corrected chi connectivity index (χ4v) is 4.24. The molecule has 24 heavy (non-hydrogen) atoms. The third-order valence-corrected chi connectivity index (χ3v) is 6.08. The van der Waals surface area contributed by atoms with Crippen LogP contribution in [0, 0.1) is 19.8 Å². The number of carbonyl (C=O) groups excluding carboxylic acids is 1. The largest absolute Gasteiger partial charge is 0.393 e. The Morgan fingerprint density at radius 3 is 2.75 bits per heavy atom. The van der Waals surface area contributed by atoms with Gasteiger partial charge in [-0.25, -0.2) is 13.1 Å². The number of nitrogens with one attached hydrogen (secondary N) is 1. The van der Waals surface area contributed by atoms with Gasteiger partial charge in [0.15, 0.2) is 0 Å². The molecule has 1 heterocycles. The number of amides is 1. The highest BCUT2D eigenvalue weighted by molar-refractivity contribution is 7.89. The van der Waals surface area contributed by atoms with Gasteiger partial charge in [0.05, 0.1) is 11.0 Å². The number of piperidine rings is 1. The van der Waals surface area contributed by atoms with Crippen LogP contribution in [0.25, 0.3) is 0 Å². The minimum atomic E-state index is -3.62. The Balaban J connectivity index is 1.91. The van der Waals surface area contributed by atoms with Crippen LogP contribution in [0.4, 0.5) is 0 Å². The Labute approximate surface area is 143 Å². The van der Waals surface area contributed by atoms with Crippen LogP contribution in [0.5, 0.6) is 0 Å². The average Bonchev–Trinajstić information content (AvgIpc) is 2.52. The Morgan fingerprint density at radius 1 is 1.38 bits per heavy atom. The number of benzene rings is 1. The smallest absolute Gasteiger partial charge is 0.240 e. The second-order valence-electron chi connectivity index (χ2n) is 6.59. The molecule has 6 nitrogen and oxygen atoms in total. The lowest BCUT2D eigenvalue weighted by Gasteiger charge is -2.34. The lowest BCUT2D eigenvalue weighted by atomic mass is 9.96. The quantitative estimate of drug-likeness (QED) is 0.832. The van der Waals surface area contributed by atoms with Crippen molar-refractivity contribution >= 4 is 15.9 Å². The van der Waals surface area contributed by atoms with Gasteiger partial charge in [-0.3, -0.25) is 4.79 Å². The van der Waals surface area contributed by atoms with Crippen LogP contribution < -0.4 is 4.72 Å². The zero-order valence-corrected chi connectivity index (χ0v) is 15.3. The number of rotatable bonds is 5. The molecule has 0 spiro atoms. The standard InChI is InChI=1S/C17H26N2O4S/c1-12-4-5-13(2)16(10-12)24(22,23)18-8-6-17(21)19-9-7-15(20)14(3)11-19/h4-5,10,14-15,18,20H,6-9,11H2,1-3H3. The molecular weight excluding hydrogens is 328 g/mol. The maximum absolute atomic E-state index is 12.4. The minimum absolute atomic E-state index is 0.0503. The van der Waals surface area contributed by atoms with E-state index in [1.807, 2.05) is 19.9 Å². The van der Waals surface area contributed by atoms with Gasteiger partial charge < -0.3 is 10.0 Å². The summed E-state index contributed by atoms with van der Waals surface area (Å²) in [6, 6.07) is 5.27. The van der Waals surface area contributed by atoms with E-state index in [0.717, 1.165) is 5.56 Å². The third kappa shape index (κ3) is 4.55. The van der Waals surface area contributed by atoms with Crippen molar-refractivity contribution in [1.82, 2.24) is 9.62 Å². The molecule has 1 amide bonds. The van der Waals surface area contributed by atoms with Gasteiger partial charge in [0, 0.05) is 26.1 Å². The summed E-state index contributed by atoms with van der Waals surface area (Å²) < 4.78 is 27.3. The second-order valence-corrected chi connectivity index (χ2v) is 8.33. The first-order chi connectivity index (χ1) is 11.2. The normalized spacial score (nSPS) is 21.8. The van der Waals surface area contributed by atoms with Crippen molar-refractivity contribution in [2.75, 3.05) is 19.6 Å². The average molecular weight is 354 g/mol. The highest BCUT2D eigenvalue weighted by Crippen LogP contribution is 2.18. The van der Waals surface area contributed by atoms with Crippen molar-refractivity contribution in [1.29, 1.82) is 0 Å². The summed E-state index contributed by atoms with van der Waals surface area (Å²) in [6.07, 6.45) is 0.324. The molecular formula is C17H26N2O4S. The molecule has 0 aliphatic carbocycles. The molecule has 7 heteroatoms. The first-order valence-electron chi connectivity index (χ1n) is 8.23. The van der Waals surface area contributed by atoms with Crippen molar-refractivity contribution in [3.8, 4) is 0 Å². The van der Waals surface area contributed by atoms with E-state index in [1.165, 1.54) is 0 Å². The van der Waals surface area contributed by atoms with E-state index in [-0.39, 0.29) is 35.8 Å². The molecule has 1 aliphatic heterocycles. The minimum Gasteiger partial charge on any atom is -0.393 e. The van der Waals surface area contributed by atoms with Gasteiger partial charge in [-0.15, -0.1) is 0 Å². The molecule has 1 aromatic carbocycles. The molecule has 0 aromatic heterocycles. The highest BCUT2D eigenvalue weighted by Gasteiger charge is 2.27. The van der Waals surface area contributed by atoms with Crippen molar-refractivity contribution in [3.63, 3.8) is 0 Å². The van der Waals surface area contributed by atoms with Crippen LogP contribution in [-0.4, -0.2) is 50.1 Å². The molecule has 1 aliphatic rings. The molecule has 2 N–H and O–H groups in total. The van der Waals surface area contributed by atoms with Gasteiger partial charge in [0.1, 0.15) is 0 Å². The molecule has 2 rings (SSSR count). The van der Waals surface area contributed by atoms with E-state index in [2.05, 4.69) is 4.72 Å². The summed E-state index contributed by atoms with van der Waals surface area (Å²) in [5.41, 5.74) is 1.55. The van der Waals surface area contributed by atoms with Crippen molar-refractivity contribution in [2.45, 2.75) is 44.6 Å². The van der Waals surface area contributed by atoms with Crippen molar-refractivity contribution < 1.29 is 18.3 Å². The topological polar surface area (TPSA) is 86.7 Å². The summed E-state index contributed by atoms with van der Waals surface area (Å²) in [5.74, 6) is -0.0354. The van der Waals surface area contributed by atoms with Crippen LogP contribution in [-0.2, 0) is 14.8 Å². The molecule has 2 unspecified atom stereocenters. The Hall–Kier alpha value is -1.44. The summed E-state index contributed by atoms with van der Waals surface area (Å²) in [6.45, 7) is 6.61. The predicted molar refractivity (Wildman–Crippen MR) is 92.1 cm³/mol. The SMILES string of the molecule is Cc1ccc(C)c(S(=O)(=O)NCCC(=O)N2CCC(O)C(C)C2)c1. The molecule has 134 valence electrons. The van der Waals surface area contributed by atoms with E-state index in [4.69, 9.17) is 0 Å². The number of hydrogen-bond donors (Lipinski definition) is 2. The third-order valence-electron chi connectivity index (χ3n) is 4.48. The van der Waals surface area contributed by atoms with Gasteiger partial charge >= 0.3 is 0 Å². The molecule has 1 aromatic rings. The van der Waals surface area contributed by atoms with E-state index >= 15 is 0 Å². The molecule has 2 atom stereocenters. The Bertz CT molecular complexity index is 703. The number of aryl methyl sites for hydroxylation is 2. The summed E-state index contributed by atoms with van der Waals surface area (Å²) in [7, 11) is -3.62. The van der Waals surface area contributed by atoms with Gasteiger partial charge in [-0.2, -0.15) is 0 Å². The number of likely N-dealkylation sites (tertiary alicyclic amines) is 1. The highest BCUT2D eigenvalue weighted by atomic mass is 32.2. The van der Waals surface area contributed by atoms with Crippen LogP contribution in [0.3, 0.4) is 0 Å². The number of hydrogen-bond acceptors (Lipinski definition) is 4. The van der Waals surface area contributed by atoms with Crippen LogP contribution >= 0.6 is 0 Å². The lowest BCUT2D eigenvalue weighted by Crippen LogP contribution is -2.45. The molecule has 0 saturated carbocycles. The molecule has 1 fully saturated rings. The Kier molecular flexibility index (Phi) is 6.01. The summed E-state index contributed by atoms with van der Waals surface area (Å²) >= 11 is 0. The zero-order chi connectivity index (χ0) is 17.9. The monoisotopic (exact) mass is 354 g/mol. The van der Waals surface area contributed by atoms with Crippen LogP contribution in [0.2, 0.25) is 0 Å². The van der Waals surface area contributed by atoms with Crippen LogP contribution in [0.1, 0.15) is 30.9 Å². The molecule has 0 radical (unpaired) electrons. The molecule has 0 bridgehead atoms. The first kappa shape index (κ1) is 18.9. The fourth-order valence-electron chi connectivity index (χ4n) is 2.88. The lowest BCUT2D eigenvalue weighted by molar-refractivity contribution is -0.134. The maximum Gasteiger partial charge on any atom is 0.240 e. The van der Waals surface area contributed by atoms with Crippen molar-refractivity contribution in [3.05, 3.63) is 29.3 Å². The van der Waals surface area contributed by atoms with Crippen molar-refractivity contribution in [2.24, 2.45) is 5.92 Å². The summed E-state index contributed by atoms with van der Waals surface area (Å²) in [5, 5.41) is 9.70. The number of nitrogens with zero attached hydrogens (tertiary/aromatic N) is 1. The van der Waals surface area contributed by atoms with E-state index in [0.29, 0.717) is 25.1 Å². The van der Waals surface area contributed by atoms with E-state index in [1.54, 1.807) is 24.0 Å². The number of aliphatic hydroxyl groups is 1. The summed E-state index contributed by atoms with van der Waals surface area (Å²) in [4.78, 5) is 14.2. The molecule has 1 saturated heterocycles. The number of carbonyl (C=O) groups is 1. The van der Waals surface area contributed by atoms with Gasteiger partial charge in [-0.05, 0) is 43.4 Å². The van der Waals surface area contributed by atoms with Gasteiger partial charge in [0.25, 0.3) is 0 Å². The Morgan fingerprint density at radius 2 is 2.08 bits per heavy atom. The zero-order valence-electron chi connectivity index (χ0n) is 14.4. The second kappa shape index (κ2) is 7.63. The number of sulfonamides is 1. The maximum atomic E-state index is 12.4. The van der Waals surface area contributed by atoms with E-state index < -0.39 is 10.0 Å².